The van der Waals surface area contributed by atoms with E-state index in [0.29, 0.717) is 36.3 Å². The fraction of sp³-hybridized carbons (Fsp3) is 0.621. The molecule has 4 heterocycles. The quantitative estimate of drug-likeness (QED) is 0.0167. The van der Waals surface area contributed by atoms with Gasteiger partial charge in [-0.2, -0.15) is 11.8 Å². The summed E-state index contributed by atoms with van der Waals surface area (Å²) in [4.78, 5) is 210. The highest BCUT2D eigenvalue weighted by Gasteiger charge is 2.43. The van der Waals surface area contributed by atoms with Gasteiger partial charge in [0.15, 0.2) is 11.9 Å². The number of aliphatic carboxylic acids is 1. The van der Waals surface area contributed by atoms with E-state index in [2.05, 4.69) is 67.8 Å². The predicted octanol–water partition coefficient (Wildman–Crippen LogP) is -6.24. The molecule has 0 radical (unpaired) electrons. The Morgan fingerprint density at radius 3 is 1.59 bits per heavy atom. The second-order valence-electron chi connectivity index (χ2n) is 26.4. The van der Waals surface area contributed by atoms with Crippen LogP contribution in [0.1, 0.15) is 122 Å². The number of hydrogen-bond acceptors (Lipinski definition) is 20. The number of nitrogens with zero attached hydrogens (tertiary/aromatic N) is 6. The average Bonchev–Trinajstić information content (AvgIpc) is 1.73. The molecule has 0 unspecified atom stereocenters. The summed E-state index contributed by atoms with van der Waals surface area (Å²) in [5.41, 5.74) is 34.4. The maximum atomic E-state index is 14.4. The number of thioether (sulfide) groups is 1. The standard InChI is InChI=1S/C66H104N22O16S/c1-36(2)29-44(82-55(94)41(15-8-23-74-65(69)70)79-60(99)49-18-11-26-87(49)62(101)42(16-9-24-75-66(71)72)80-54(93)40(67)20-21-51(68)90)57(96)85-47(34-89)58(97)83-45(31-39-32-73-35-77-39)56(95)78-37(3)53(92)76-33-52(91)86-25-10-17-48(86)59(98)81-43(22-28-105-4)63(102)88-27-12-19-50(88)61(100)84-46(64(103)104)30-38-13-6-5-7-14-38/h5-7,13-14,32,35-37,40-50,89H,8-12,15-31,33-34,67H2,1-4H3,(H2,68,90)(H,73,77)(H,76,92)(H,78,95)(H,79,99)(H,80,93)(H,81,98)(H,82,94)(H,83,97)(H,84,100)(H,85,96)(H,103,104)(H4,69,70,74)(H4,71,72,75)/t37-,40-,41-,42-,43-,44-,45-,46-,47-,48-,49-,50-/m0/s1. The van der Waals surface area contributed by atoms with E-state index in [0.717, 1.165) is 0 Å². The Bertz CT molecular complexity index is 3380. The summed E-state index contributed by atoms with van der Waals surface area (Å²) in [7, 11) is 0. The molecule has 0 spiro atoms. The fourth-order valence-electron chi connectivity index (χ4n) is 12.3. The molecule has 105 heavy (non-hydrogen) atoms. The van der Waals surface area contributed by atoms with Crippen LogP contribution in [0.2, 0.25) is 0 Å². The van der Waals surface area contributed by atoms with E-state index in [9.17, 15) is 77.3 Å². The van der Waals surface area contributed by atoms with Crippen LogP contribution in [-0.4, -0.2) is 260 Å². The van der Waals surface area contributed by atoms with Crippen molar-refractivity contribution >= 4 is 106 Å². The number of nitrogens with two attached hydrogens (primary N) is 6. The fourth-order valence-corrected chi connectivity index (χ4v) is 12.7. The zero-order valence-corrected chi connectivity index (χ0v) is 60.5. The second-order valence-corrected chi connectivity index (χ2v) is 27.4. The molecule has 24 N–H and O–H groups in total. The number of aromatic amines is 1. The van der Waals surface area contributed by atoms with Gasteiger partial charge in [0.2, 0.25) is 76.8 Å². The van der Waals surface area contributed by atoms with Gasteiger partial charge in [0.1, 0.15) is 66.5 Å². The number of carboxylic acid groups (broad SMARTS) is 1. The first-order valence-corrected chi connectivity index (χ1v) is 36.4. The number of nitrogens with one attached hydrogen (secondary N) is 10. The molecule has 3 fully saturated rings. The molecule has 3 aliphatic heterocycles. The van der Waals surface area contributed by atoms with Gasteiger partial charge in [-0.15, -0.1) is 0 Å². The van der Waals surface area contributed by atoms with Crippen molar-refractivity contribution in [3.63, 3.8) is 0 Å². The van der Waals surface area contributed by atoms with Crippen molar-refractivity contribution in [1.29, 1.82) is 0 Å². The highest BCUT2D eigenvalue weighted by Crippen LogP contribution is 2.24. The molecule has 12 atom stereocenters. The summed E-state index contributed by atoms with van der Waals surface area (Å²) in [6, 6.07) is -6.76. The Kier molecular flexibility index (Phi) is 35.1. The summed E-state index contributed by atoms with van der Waals surface area (Å²) in [5.74, 6) is -11.6. The molecular formula is C66H104N22O16S. The Labute approximate surface area is 612 Å². The minimum atomic E-state index is -1.76. The van der Waals surface area contributed by atoms with Crippen molar-refractivity contribution in [2.75, 3.05) is 57.9 Å². The first-order valence-electron chi connectivity index (χ1n) is 35.0. The van der Waals surface area contributed by atoms with E-state index < -0.39 is 168 Å². The van der Waals surface area contributed by atoms with Crippen molar-refractivity contribution in [2.45, 2.75) is 196 Å². The number of aromatic nitrogens is 2. The Morgan fingerprint density at radius 1 is 0.581 bits per heavy atom. The van der Waals surface area contributed by atoms with E-state index in [1.165, 1.54) is 45.9 Å². The number of imidazole rings is 1. The Hall–Kier alpha value is -10.2. The average molecular weight is 1490 g/mol. The van der Waals surface area contributed by atoms with Crippen molar-refractivity contribution < 1.29 is 77.3 Å². The topological polar surface area (TPSA) is 607 Å². The molecule has 1 aromatic carbocycles. The summed E-state index contributed by atoms with van der Waals surface area (Å²) >= 11 is 1.42. The number of guanidine groups is 2. The lowest BCUT2D eigenvalue weighted by atomic mass is 10.0. The van der Waals surface area contributed by atoms with Crippen LogP contribution in [0.3, 0.4) is 0 Å². The molecule has 0 bridgehead atoms. The van der Waals surface area contributed by atoms with Crippen LogP contribution < -0.4 is 82.3 Å². The highest BCUT2D eigenvalue weighted by molar-refractivity contribution is 7.98. The van der Waals surface area contributed by atoms with E-state index in [4.69, 9.17) is 34.4 Å². The first kappa shape index (κ1) is 85.5. The molecule has 1 aromatic heterocycles. The van der Waals surface area contributed by atoms with Crippen molar-refractivity contribution in [3.05, 3.63) is 54.1 Å². The van der Waals surface area contributed by atoms with Crippen LogP contribution in [-0.2, 0) is 80.0 Å². The third-order valence-corrected chi connectivity index (χ3v) is 18.4. The van der Waals surface area contributed by atoms with Gasteiger partial charge in [-0.1, -0.05) is 44.2 Å². The van der Waals surface area contributed by atoms with Crippen LogP contribution >= 0.6 is 11.8 Å². The Balaban J connectivity index is 1.22. The summed E-state index contributed by atoms with van der Waals surface area (Å²) < 4.78 is 0. The number of amides is 13. The second kappa shape index (κ2) is 43.2. The van der Waals surface area contributed by atoms with Crippen molar-refractivity contribution in [3.8, 4) is 0 Å². The summed E-state index contributed by atoms with van der Waals surface area (Å²) in [5, 5.41) is 43.8. The number of hydrogen-bond donors (Lipinski definition) is 18. The number of aliphatic hydroxyl groups is 1. The SMILES string of the molecule is CSCC[C@H](NC(=O)[C@@H]1CCCN1C(=O)CNC(=O)[C@H](C)NC(=O)[C@H](Cc1cnc[nH]1)NC(=O)[C@H](CO)NC(=O)[C@H](CC(C)C)NC(=O)[C@H](CCCN=C(N)N)NC(=O)[C@@H]1CCCN1C(=O)[C@H](CCCN=C(N)N)NC(=O)[C@@H](N)CCC(N)=O)C(=O)N1CCC[C@H]1C(=O)N[C@@H](Cc1ccccc1)C(=O)O. The number of likely N-dealkylation sites (tertiary alicyclic amines) is 3. The van der Waals surface area contributed by atoms with Gasteiger partial charge in [0, 0.05) is 63.9 Å². The molecule has 3 aliphatic rings. The van der Waals surface area contributed by atoms with Crippen molar-refractivity contribution in [2.24, 2.45) is 50.3 Å². The lowest BCUT2D eigenvalue weighted by Crippen LogP contribution is -2.61. The number of aliphatic imine (C=N–C) groups is 2. The monoisotopic (exact) mass is 1490 g/mol. The molecule has 580 valence electrons. The number of rotatable bonds is 43. The molecule has 0 saturated carbocycles. The number of carbonyl (C=O) groups is 14. The molecule has 3 saturated heterocycles. The third kappa shape index (κ3) is 27.8. The summed E-state index contributed by atoms with van der Waals surface area (Å²) in [6.07, 6.45) is 6.06. The number of carboxylic acids is 1. The normalized spacial score (nSPS) is 18.0. The van der Waals surface area contributed by atoms with Crippen LogP contribution in [0.5, 0.6) is 0 Å². The van der Waals surface area contributed by atoms with Crippen LogP contribution in [0, 0.1) is 5.92 Å². The van der Waals surface area contributed by atoms with Gasteiger partial charge < -0.3 is 112 Å². The predicted molar refractivity (Wildman–Crippen MR) is 384 cm³/mol. The largest absolute Gasteiger partial charge is 0.480 e. The Morgan fingerprint density at radius 2 is 1.07 bits per heavy atom. The minimum Gasteiger partial charge on any atom is -0.480 e. The molecule has 0 aliphatic carbocycles. The smallest absolute Gasteiger partial charge is 0.326 e. The van der Waals surface area contributed by atoms with Gasteiger partial charge in [-0.05, 0) is 114 Å². The first-order chi connectivity index (χ1) is 49.9. The maximum Gasteiger partial charge on any atom is 0.326 e. The van der Waals surface area contributed by atoms with E-state index in [-0.39, 0.29) is 134 Å². The summed E-state index contributed by atoms with van der Waals surface area (Å²) in [6.45, 7) is 3.58. The molecule has 13 amide bonds. The zero-order valence-electron chi connectivity index (χ0n) is 59.7. The third-order valence-electron chi connectivity index (χ3n) is 17.8. The number of aliphatic hydroxyl groups excluding tert-OH is 1. The molecule has 39 heteroatoms. The van der Waals surface area contributed by atoms with Crippen LogP contribution in [0.4, 0.5) is 0 Å². The van der Waals surface area contributed by atoms with Gasteiger partial charge in [0.25, 0.3) is 0 Å². The van der Waals surface area contributed by atoms with E-state index >= 15 is 0 Å². The minimum absolute atomic E-state index is 0.00488. The lowest BCUT2D eigenvalue weighted by molar-refractivity contribution is -0.145. The lowest BCUT2D eigenvalue weighted by Gasteiger charge is -2.31. The van der Waals surface area contributed by atoms with Gasteiger partial charge >= 0.3 is 5.97 Å². The number of benzene rings is 1. The molecule has 2 aromatic rings. The van der Waals surface area contributed by atoms with Crippen molar-refractivity contribution in [1.82, 2.24) is 72.5 Å². The number of H-pyrrole nitrogens is 1. The molecule has 38 nitrogen and oxygen atoms in total. The van der Waals surface area contributed by atoms with Gasteiger partial charge in [0.05, 0.1) is 25.5 Å². The van der Waals surface area contributed by atoms with Crippen LogP contribution in [0.15, 0.2) is 52.8 Å². The van der Waals surface area contributed by atoms with Crippen LogP contribution in [0.25, 0.3) is 0 Å². The van der Waals surface area contributed by atoms with Gasteiger partial charge in [-0.25, -0.2) is 9.78 Å². The highest BCUT2D eigenvalue weighted by atomic mass is 32.2. The maximum absolute atomic E-state index is 14.4. The zero-order chi connectivity index (χ0) is 77.4. The number of primary amides is 1. The van der Waals surface area contributed by atoms with Gasteiger partial charge in [-0.3, -0.25) is 72.3 Å². The molecule has 5 rings (SSSR count). The van der Waals surface area contributed by atoms with E-state index in [1.54, 1.807) is 44.2 Å². The number of carbonyl (C=O) groups excluding carboxylic acids is 13. The molecular weight excluding hydrogens is 1390 g/mol. The van der Waals surface area contributed by atoms with E-state index in [1.807, 2.05) is 6.26 Å².